The SMILES string of the molecule is N#Cc1ncc(C2=CCOCC2)c(Nc2ccc(N3CCOCC3)nc2)n1. The van der Waals surface area contributed by atoms with E-state index in [2.05, 4.69) is 25.2 Å². The van der Waals surface area contributed by atoms with Gasteiger partial charge in [0.05, 0.1) is 38.3 Å². The number of hydrogen-bond acceptors (Lipinski definition) is 8. The highest BCUT2D eigenvalue weighted by Gasteiger charge is 2.15. The van der Waals surface area contributed by atoms with E-state index in [1.165, 1.54) is 0 Å². The van der Waals surface area contributed by atoms with E-state index >= 15 is 0 Å². The van der Waals surface area contributed by atoms with E-state index in [-0.39, 0.29) is 5.82 Å². The molecular weight excluding hydrogens is 344 g/mol. The average molecular weight is 364 g/mol. The molecule has 27 heavy (non-hydrogen) atoms. The molecule has 2 aromatic rings. The topological polar surface area (TPSA) is 96.2 Å². The molecule has 0 aromatic carbocycles. The summed E-state index contributed by atoms with van der Waals surface area (Å²) in [5, 5.41) is 12.4. The number of nitrogens with zero attached hydrogens (tertiary/aromatic N) is 5. The van der Waals surface area contributed by atoms with Crippen LogP contribution in [0.15, 0.2) is 30.6 Å². The highest BCUT2D eigenvalue weighted by molar-refractivity contribution is 5.77. The summed E-state index contributed by atoms with van der Waals surface area (Å²) in [6.07, 6.45) is 6.29. The fourth-order valence-corrected chi connectivity index (χ4v) is 3.11. The van der Waals surface area contributed by atoms with Crippen LogP contribution in [0.4, 0.5) is 17.3 Å². The van der Waals surface area contributed by atoms with Crippen LogP contribution in [0.3, 0.4) is 0 Å². The Kier molecular flexibility index (Phi) is 5.23. The second kappa shape index (κ2) is 8.12. The fourth-order valence-electron chi connectivity index (χ4n) is 3.11. The van der Waals surface area contributed by atoms with Crippen molar-refractivity contribution in [2.24, 2.45) is 0 Å². The Balaban J connectivity index is 1.57. The number of aromatic nitrogens is 3. The third kappa shape index (κ3) is 4.05. The van der Waals surface area contributed by atoms with Gasteiger partial charge < -0.3 is 19.7 Å². The van der Waals surface area contributed by atoms with Gasteiger partial charge in [-0.1, -0.05) is 6.08 Å². The molecule has 4 rings (SSSR count). The molecule has 0 radical (unpaired) electrons. The minimum Gasteiger partial charge on any atom is -0.378 e. The first-order chi connectivity index (χ1) is 13.3. The molecule has 0 atom stereocenters. The molecule has 0 bridgehead atoms. The van der Waals surface area contributed by atoms with Gasteiger partial charge in [0.1, 0.15) is 17.7 Å². The molecule has 0 amide bonds. The van der Waals surface area contributed by atoms with Crippen molar-refractivity contribution in [2.75, 3.05) is 49.7 Å². The normalized spacial score (nSPS) is 17.1. The van der Waals surface area contributed by atoms with Crippen LogP contribution in [0, 0.1) is 11.3 Å². The summed E-state index contributed by atoms with van der Waals surface area (Å²) >= 11 is 0. The molecule has 0 spiro atoms. The van der Waals surface area contributed by atoms with Crippen LogP contribution in [0.1, 0.15) is 17.8 Å². The van der Waals surface area contributed by atoms with Crippen LogP contribution in [-0.2, 0) is 9.47 Å². The summed E-state index contributed by atoms with van der Waals surface area (Å²) < 4.78 is 10.8. The van der Waals surface area contributed by atoms with Crippen LogP contribution in [-0.4, -0.2) is 54.5 Å². The van der Waals surface area contributed by atoms with E-state index in [1.807, 2.05) is 24.3 Å². The van der Waals surface area contributed by atoms with Crippen LogP contribution in [0.25, 0.3) is 5.57 Å². The van der Waals surface area contributed by atoms with Gasteiger partial charge >= 0.3 is 0 Å². The Morgan fingerprint density at radius 3 is 2.67 bits per heavy atom. The van der Waals surface area contributed by atoms with Gasteiger partial charge in [-0.3, -0.25) is 0 Å². The minimum atomic E-state index is 0.131. The zero-order valence-electron chi connectivity index (χ0n) is 14.9. The monoisotopic (exact) mass is 364 g/mol. The molecule has 138 valence electrons. The van der Waals surface area contributed by atoms with E-state index in [0.717, 1.165) is 55.4 Å². The quantitative estimate of drug-likeness (QED) is 0.881. The first kappa shape index (κ1) is 17.4. The van der Waals surface area contributed by atoms with Gasteiger partial charge in [-0.2, -0.15) is 5.26 Å². The lowest BCUT2D eigenvalue weighted by molar-refractivity contribution is 0.122. The summed E-state index contributed by atoms with van der Waals surface area (Å²) in [5.41, 5.74) is 2.81. The van der Waals surface area contributed by atoms with Crippen molar-refractivity contribution < 1.29 is 9.47 Å². The standard InChI is InChI=1S/C19H20N6O2/c20-11-17-21-13-16(14-3-7-26-8-4-14)19(24-17)23-15-1-2-18(22-12-15)25-5-9-27-10-6-25/h1-3,12-13H,4-10H2,(H,21,23,24). The maximum absolute atomic E-state index is 9.14. The summed E-state index contributed by atoms with van der Waals surface area (Å²) in [5.74, 6) is 1.67. The molecule has 1 fully saturated rings. The summed E-state index contributed by atoms with van der Waals surface area (Å²) in [6.45, 7) is 4.38. The summed E-state index contributed by atoms with van der Waals surface area (Å²) in [4.78, 5) is 15.2. The molecular formula is C19H20N6O2. The average Bonchev–Trinajstić information content (AvgIpc) is 2.75. The van der Waals surface area contributed by atoms with Crippen molar-refractivity contribution in [1.29, 1.82) is 5.26 Å². The molecule has 4 heterocycles. The molecule has 0 aliphatic carbocycles. The van der Waals surface area contributed by atoms with Gasteiger partial charge in [0.2, 0.25) is 5.82 Å². The molecule has 0 saturated carbocycles. The molecule has 1 saturated heterocycles. The summed E-state index contributed by atoms with van der Waals surface area (Å²) in [7, 11) is 0. The third-order valence-corrected chi connectivity index (χ3v) is 4.54. The molecule has 2 aliphatic rings. The van der Waals surface area contributed by atoms with Crippen LogP contribution < -0.4 is 10.2 Å². The second-order valence-corrected chi connectivity index (χ2v) is 6.25. The van der Waals surface area contributed by atoms with Crippen LogP contribution in [0.5, 0.6) is 0 Å². The van der Waals surface area contributed by atoms with E-state index in [4.69, 9.17) is 14.7 Å². The highest BCUT2D eigenvalue weighted by Crippen LogP contribution is 2.28. The number of hydrogen-bond donors (Lipinski definition) is 1. The molecule has 2 aliphatic heterocycles. The number of pyridine rings is 1. The van der Waals surface area contributed by atoms with Crippen LogP contribution in [0.2, 0.25) is 0 Å². The Morgan fingerprint density at radius 2 is 1.96 bits per heavy atom. The maximum Gasteiger partial charge on any atom is 0.234 e. The Morgan fingerprint density at radius 1 is 1.07 bits per heavy atom. The third-order valence-electron chi connectivity index (χ3n) is 4.54. The molecule has 8 heteroatoms. The van der Waals surface area contributed by atoms with Crippen molar-refractivity contribution in [3.8, 4) is 6.07 Å². The highest BCUT2D eigenvalue weighted by atomic mass is 16.5. The molecule has 0 unspecified atom stereocenters. The van der Waals surface area contributed by atoms with E-state index in [1.54, 1.807) is 12.4 Å². The molecule has 1 N–H and O–H groups in total. The van der Waals surface area contributed by atoms with Crippen molar-refractivity contribution >= 4 is 22.9 Å². The van der Waals surface area contributed by atoms with E-state index < -0.39 is 0 Å². The number of ether oxygens (including phenoxy) is 2. The Hall–Kier alpha value is -3.02. The fraction of sp³-hybridized carbons (Fsp3) is 0.368. The van der Waals surface area contributed by atoms with Gasteiger partial charge in [0.15, 0.2) is 0 Å². The number of rotatable bonds is 4. The van der Waals surface area contributed by atoms with E-state index in [0.29, 0.717) is 19.0 Å². The van der Waals surface area contributed by atoms with Gasteiger partial charge in [0, 0.05) is 24.8 Å². The minimum absolute atomic E-state index is 0.131. The first-order valence-corrected chi connectivity index (χ1v) is 8.93. The van der Waals surface area contributed by atoms with Gasteiger partial charge in [-0.15, -0.1) is 0 Å². The van der Waals surface area contributed by atoms with Crippen LogP contribution >= 0.6 is 0 Å². The maximum atomic E-state index is 9.14. The number of nitrogens with one attached hydrogen (secondary N) is 1. The first-order valence-electron chi connectivity index (χ1n) is 8.93. The lowest BCUT2D eigenvalue weighted by Gasteiger charge is -2.27. The largest absolute Gasteiger partial charge is 0.378 e. The van der Waals surface area contributed by atoms with Crippen molar-refractivity contribution in [3.63, 3.8) is 0 Å². The lowest BCUT2D eigenvalue weighted by Crippen LogP contribution is -2.36. The smallest absolute Gasteiger partial charge is 0.234 e. The number of anilines is 3. The number of morpholine rings is 1. The van der Waals surface area contributed by atoms with Crippen molar-refractivity contribution in [1.82, 2.24) is 15.0 Å². The predicted molar refractivity (Wildman–Crippen MR) is 101 cm³/mol. The number of nitriles is 1. The van der Waals surface area contributed by atoms with E-state index in [9.17, 15) is 0 Å². The summed E-state index contributed by atoms with van der Waals surface area (Å²) in [6, 6.07) is 5.94. The second-order valence-electron chi connectivity index (χ2n) is 6.25. The van der Waals surface area contributed by atoms with Gasteiger partial charge in [-0.05, 0) is 24.1 Å². The molecule has 2 aromatic heterocycles. The van der Waals surface area contributed by atoms with Gasteiger partial charge in [-0.25, -0.2) is 15.0 Å². The molecule has 8 nitrogen and oxygen atoms in total. The predicted octanol–water partition coefficient (Wildman–Crippen LogP) is 2.13. The van der Waals surface area contributed by atoms with Crippen molar-refractivity contribution in [3.05, 3.63) is 42.0 Å². The zero-order valence-corrected chi connectivity index (χ0v) is 14.9. The van der Waals surface area contributed by atoms with Gasteiger partial charge in [0.25, 0.3) is 0 Å². The zero-order chi connectivity index (χ0) is 18.5. The Labute approximate surface area is 157 Å². The Bertz CT molecular complexity index is 869. The van der Waals surface area contributed by atoms with Crippen molar-refractivity contribution in [2.45, 2.75) is 6.42 Å². The lowest BCUT2D eigenvalue weighted by atomic mass is 10.0.